The number of rotatable bonds is 8. The average Bonchev–Trinajstić information content (AvgIpc) is 2.84. The van der Waals surface area contributed by atoms with Crippen LogP contribution in [0.2, 0.25) is 0 Å². The second-order valence-electron chi connectivity index (χ2n) is 5.84. The van der Waals surface area contributed by atoms with Crippen molar-refractivity contribution in [2.24, 2.45) is 17.3 Å². The van der Waals surface area contributed by atoms with Crippen LogP contribution in [0.4, 0.5) is 0 Å². The summed E-state index contributed by atoms with van der Waals surface area (Å²) in [5.74, 6) is 0.184. The van der Waals surface area contributed by atoms with Gasteiger partial charge in [-0.2, -0.15) is 0 Å². The van der Waals surface area contributed by atoms with Gasteiger partial charge >= 0.3 is 5.97 Å². The summed E-state index contributed by atoms with van der Waals surface area (Å²) in [6.45, 7) is 10.2. The maximum atomic E-state index is 12.0. The van der Waals surface area contributed by atoms with E-state index in [2.05, 4.69) is 33.8 Å². The van der Waals surface area contributed by atoms with Gasteiger partial charge in [0.25, 0.3) is 0 Å². The Morgan fingerprint density at radius 2 is 1.79 bits per heavy atom. The van der Waals surface area contributed by atoms with Crippen molar-refractivity contribution in [1.29, 1.82) is 0 Å². The molecule has 1 aliphatic rings. The topological polar surface area (TPSA) is 44.8 Å². The van der Waals surface area contributed by atoms with Crippen molar-refractivity contribution in [2.75, 3.05) is 33.5 Å². The molecule has 19 heavy (non-hydrogen) atoms. The molecule has 1 saturated carbocycles. The highest BCUT2D eigenvalue weighted by molar-refractivity contribution is 5.78. The van der Waals surface area contributed by atoms with Gasteiger partial charge in [0.2, 0.25) is 0 Å². The first kappa shape index (κ1) is 16.2. The van der Waals surface area contributed by atoms with E-state index in [-0.39, 0.29) is 17.3 Å². The normalized spacial score (nSPS) is 23.8. The van der Waals surface area contributed by atoms with Gasteiger partial charge in [-0.05, 0) is 25.2 Å². The van der Waals surface area contributed by atoms with Crippen LogP contribution >= 0.6 is 0 Å². The molecule has 0 aromatic heterocycles. The molecule has 0 aromatic rings. The lowest BCUT2D eigenvalue weighted by molar-refractivity contribution is -0.147. The van der Waals surface area contributed by atoms with Crippen LogP contribution in [0.1, 0.15) is 27.7 Å². The molecule has 0 aromatic carbocycles. The zero-order chi connectivity index (χ0) is 14.5. The summed E-state index contributed by atoms with van der Waals surface area (Å²) in [6.07, 6.45) is 2.17. The zero-order valence-electron chi connectivity index (χ0n) is 12.7. The van der Waals surface area contributed by atoms with E-state index in [4.69, 9.17) is 14.2 Å². The molecule has 0 aliphatic heterocycles. The monoisotopic (exact) mass is 270 g/mol. The Morgan fingerprint density at radius 3 is 2.37 bits per heavy atom. The highest BCUT2D eigenvalue weighted by Gasteiger charge is 2.61. The first-order valence-electron chi connectivity index (χ1n) is 6.79. The molecule has 2 atom stereocenters. The number of hydrogen-bond acceptors (Lipinski definition) is 4. The van der Waals surface area contributed by atoms with Gasteiger partial charge in [-0.1, -0.05) is 25.5 Å². The maximum Gasteiger partial charge on any atom is 0.310 e. The minimum Gasteiger partial charge on any atom is -0.463 e. The van der Waals surface area contributed by atoms with Gasteiger partial charge in [-0.15, -0.1) is 0 Å². The zero-order valence-corrected chi connectivity index (χ0v) is 12.7. The molecule has 0 N–H and O–H groups in total. The summed E-state index contributed by atoms with van der Waals surface area (Å²) in [4.78, 5) is 12.0. The molecular formula is C15H26O4. The van der Waals surface area contributed by atoms with Crippen LogP contribution < -0.4 is 0 Å². The molecule has 1 fully saturated rings. The minimum absolute atomic E-state index is 0.0126. The molecule has 0 heterocycles. The molecule has 1 aliphatic carbocycles. The fraction of sp³-hybridized carbons (Fsp3) is 0.800. The molecule has 0 saturated heterocycles. The summed E-state index contributed by atoms with van der Waals surface area (Å²) >= 11 is 0. The van der Waals surface area contributed by atoms with E-state index in [0.717, 1.165) is 0 Å². The van der Waals surface area contributed by atoms with Crippen LogP contribution in [0.25, 0.3) is 0 Å². The molecule has 0 unspecified atom stereocenters. The second-order valence-corrected chi connectivity index (χ2v) is 5.84. The van der Waals surface area contributed by atoms with E-state index >= 15 is 0 Å². The van der Waals surface area contributed by atoms with E-state index in [1.807, 2.05) is 0 Å². The van der Waals surface area contributed by atoms with Crippen LogP contribution in [0.5, 0.6) is 0 Å². The van der Waals surface area contributed by atoms with Crippen LogP contribution in [0.15, 0.2) is 11.6 Å². The van der Waals surface area contributed by atoms with Crippen LogP contribution in [0, 0.1) is 17.3 Å². The van der Waals surface area contributed by atoms with E-state index < -0.39 is 0 Å². The van der Waals surface area contributed by atoms with Crippen molar-refractivity contribution >= 4 is 5.97 Å². The van der Waals surface area contributed by atoms with E-state index in [1.165, 1.54) is 5.57 Å². The van der Waals surface area contributed by atoms with Crippen LogP contribution in [-0.2, 0) is 19.0 Å². The van der Waals surface area contributed by atoms with Gasteiger partial charge in [0.15, 0.2) is 0 Å². The molecule has 4 heteroatoms. The van der Waals surface area contributed by atoms with Crippen molar-refractivity contribution in [3.63, 3.8) is 0 Å². The van der Waals surface area contributed by atoms with Crippen molar-refractivity contribution in [3.8, 4) is 0 Å². The fourth-order valence-corrected chi connectivity index (χ4v) is 2.33. The van der Waals surface area contributed by atoms with E-state index in [1.54, 1.807) is 7.11 Å². The van der Waals surface area contributed by atoms with Crippen molar-refractivity contribution < 1.29 is 19.0 Å². The first-order chi connectivity index (χ1) is 8.91. The summed E-state index contributed by atoms with van der Waals surface area (Å²) in [6, 6.07) is 0. The molecule has 4 nitrogen and oxygen atoms in total. The summed E-state index contributed by atoms with van der Waals surface area (Å²) < 4.78 is 15.4. The number of methoxy groups -OCH3 is 1. The second kappa shape index (κ2) is 7.06. The summed E-state index contributed by atoms with van der Waals surface area (Å²) in [5.41, 5.74) is 1.27. The number of carbonyl (C=O) groups is 1. The summed E-state index contributed by atoms with van der Waals surface area (Å²) in [5, 5.41) is 0. The lowest BCUT2D eigenvalue weighted by atomic mass is 10.1. The van der Waals surface area contributed by atoms with Gasteiger partial charge in [-0.25, -0.2) is 0 Å². The SMILES string of the molecule is COCCOCCOC(=O)[C@H]1[C@@H](C=C(C)C)C1(C)C. The fourth-order valence-electron chi connectivity index (χ4n) is 2.33. The Hall–Kier alpha value is -0.870. The molecule has 0 radical (unpaired) electrons. The Bertz CT molecular complexity index is 329. The number of esters is 1. The molecule has 0 bridgehead atoms. The van der Waals surface area contributed by atoms with Crippen LogP contribution in [-0.4, -0.2) is 39.5 Å². The highest BCUT2D eigenvalue weighted by atomic mass is 16.6. The third-order valence-corrected chi connectivity index (χ3v) is 3.58. The lowest BCUT2D eigenvalue weighted by Gasteiger charge is -2.06. The number of hydrogen-bond donors (Lipinski definition) is 0. The number of carbonyl (C=O) groups excluding carboxylic acids is 1. The van der Waals surface area contributed by atoms with Gasteiger partial charge < -0.3 is 14.2 Å². The van der Waals surface area contributed by atoms with Crippen molar-refractivity contribution in [2.45, 2.75) is 27.7 Å². The maximum absolute atomic E-state index is 12.0. The molecule has 0 spiro atoms. The third-order valence-electron chi connectivity index (χ3n) is 3.58. The Labute approximate surface area is 116 Å². The van der Waals surface area contributed by atoms with Crippen molar-refractivity contribution in [3.05, 3.63) is 11.6 Å². The number of ether oxygens (including phenoxy) is 3. The molecule has 110 valence electrons. The quantitative estimate of drug-likeness (QED) is 0.386. The Balaban J connectivity index is 2.26. The average molecular weight is 270 g/mol. The van der Waals surface area contributed by atoms with Crippen LogP contribution in [0.3, 0.4) is 0 Å². The van der Waals surface area contributed by atoms with Gasteiger partial charge in [0.1, 0.15) is 6.61 Å². The number of allylic oxidation sites excluding steroid dienone is 2. The van der Waals surface area contributed by atoms with E-state index in [9.17, 15) is 4.79 Å². The standard InChI is InChI=1S/C15H26O4/c1-11(2)10-12-13(15(12,3)4)14(16)19-9-8-18-7-6-17-5/h10,12-13H,6-9H2,1-5H3/t12-,13-/m1/s1. The van der Waals surface area contributed by atoms with Crippen molar-refractivity contribution in [1.82, 2.24) is 0 Å². The smallest absolute Gasteiger partial charge is 0.310 e. The molecule has 1 rings (SSSR count). The predicted octanol–water partition coefficient (Wildman–Crippen LogP) is 2.43. The van der Waals surface area contributed by atoms with E-state index in [0.29, 0.717) is 32.3 Å². The molecule has 0 amide bonds. The Kier molecular flexibility index (Phi) is 6.01. The largest absolute Gasteiger partial charge is 0.463 e. The van der Waals surface area contributed by atoms with Gasteiger partial charge in [0, 0.05) is 7.11 Å². The van der Waals surface area contributed by atoms with Gasteiger partial charge in [0.05, 0.1) is 25.7 Å². The molecular weight excluding hydrogens is 244 g/mol. The Morgan fingerprint density at radius 1 is 1.16 bits per heavy atom. The van der Waals surface area contributed by atoms with Gasteiger partial charge in [-0.3, -0.25) is 4.79 Å². The summed E-state index contributed by atoms with van der Waals surface area (Å²) in [7, 11) is 1.63. The third kappa shape index (κ3) is 4.62. The first-order valence-corrected chi connectivity index (χ1v) is 6.79. The lowest BCUT2D eigenvalue weighted by Crippen LogP contribution is -2.15. The minimum atomic E-state index is -0.108. The predicted molar refractivity (Wildman–Crippen MR) is 73.8 cm³/mol. The highest BCUT2D eigenvalue weighted by Crippen LogP contribution is 2.59.